The van der Waals surface area contributed by atoms with E-state index < -0.39 is 23.2 Å². The summed E-state index contributed by atoms with van der Waals surface area (Å²) in [5, 5.41) is 10.7. The van der Waals surface area contributed by atoms with Crippen molar-refractivity contribution in [1.82, 2.24) is 14.8 Å². The highest BCUT2D eigenvalue weighted by Crippen LogP contribution is 2.61. The number of piperidine rings is 1. The number of halogens is 4. The van der Waals surface area contributed by atoms with Crippen LogP contribution in [0.25, 0.3) is 0 Å². The number of ether oxygens (including phenoxy) is 1. The summed E-state index contributed by atoms with van der Waals surface area (Å²) in [6.07, 6.45) is -1.33. The van der Waals surface area contributed by atoms with Crippen molar-refractivity contribution in [3.05, 3.63) is 58.7 Å². The molecular formula is C27H31ClF3N3O4. The van der Waals surface area contributed by atoms with Gasteiger partial charge in [0.2, 0.25) is 5.88 Å². The van der Waals surface area contributed by atoms with Gasteiger partial charge in [0, 0.05) is 38.8 Å². The lowest BCUT2D eigenvalue weighted by Crippen LogP contribution is -2.57. The summed E-state index contributed by atoms with van der Waals surface area (Å²) in [4.78, 5) is 31.7. The topological polar surface area (TPSA) is 83.0 Å². The Kier molecular flexibility index (Phi) is 7.95. The highest BCUT2D eigenvalue weighted by atomic mass is 35.5. The predicted molar refractivity (Wildman–Crippen MR) is 135 cm³/mol. The molecule has 1 saturated heterocycles. The molecule has 2 heterocycles. The molecule has 2 fully saturated rings. The fraction of sp³-hybridized carbons (Fsp3) is 0.519. The number of hydrogen-bond donors (Lipinski definition) is 1. The van der Waals surface area contributed by atoms with Gasteiger partial charge in [0.25, 0.3) is 17.4 Å². The minimum atomic E-state index is -5.13. The number of pyridine rings is 1. The first-order valence-electron chi connectivity index (χ1n) is 12.5. The first-order chi connectivity index (χ1) is 17.9. The Hall–Kier alpha value is -2.85. The zero-order chi connectivity index (χ0) is 27.7. The van der Waals surface area contributed by atoms with Crippen LogP contribution in [0.1, 0.15) is 48.0 Å². The summed E-state index contributed by atoms with van der Waals surface area (Å²) in [5.74, 6) is -0.820. The zero-order valence-corrected chi connectivity index (χ0v) is 22.1. The summed E-state index contributed by atoms with van der Waals surface area (Å²) in [6.45, 7) is 0.770. The van der Waals surface area contributed by atoms with Gasteiger partial charge in [-0.2, -0.15) is 13.2 Å². The Morgan fingerprint density at radius 3 is 2.39 bits per heavy atom. The minimum Gasteiger partial charge on any atom is -0.478 e. The maximum absolute atomic E-state index is 13.9. The van der Waals surface area contributed by atoms with Crippen molar-refractivity contribution in [1.29, 1.82) is 0 Å². The highest BCUT2D eigenvalue weighted by Gasteiger charge is 2.63. The van der Waals surface area contributed by atoms with Gasteiger partial charge >= 0.3 is 6.18 Å². The lowest BCUT2D eigenvalue weighted by atomic mass is 9.86. The Morgan fingerprint density at radius 1 is 1.16 bits per heavy atom. The molecule has 2 atom stereocenters. The number of hydrogen-bond acceptors (Lipinski definition) is 5. The molecule has 1 saturated carbocycles. The van der Waals surface area contributed by atoms with Gasteiger partial charge in [-0.05, 0) is 49.5 Å². The van der Waals surface area contributed by atoms with Crippen LogP contribution in [-0.4, -0.2) is 71.7 Å². The number of nitrogens with zero attached hydrogens (tertiary/aromatic N) is 3. The molecule has 1 spiro atoms. The molecule has 1 aliphatic carbocycles. The van der Waals surface area contributed by atoms with Gasteiger partial charge in [-0.3, -0.25) is 9.59 Å². The van der Waals surface area contributed by atoms with Gasteiger partial charge in [-0.1, -0.05) is 41.9 Å². The van der Waals surface area contributed by atoms with Crippen molar-refractivity contribution in [2.24, 2.45) is 11.3 Å². The van der Waals surface area contributed by atoms with Crippen LogP contribution in [0.3, 0.4) is 0 Å². The van der Waals surface area contributed by atoms with Crippen LogP contribution >= 0.6 is 11.6 Å². The predicted octanol–water partition coefficient (Wildman–Crippen LogP) is 4.67. The zero-order valence-electron chi connectivity index (χ0n) is 21.3. The quantitative estimate of drug-likeness (QED) is 0.379. The largest absolute Gasteiger partial charge is 0.478 e. The molecule has 1 aromatic heterocycles. The van der Waals surface area contributed by atoms with E-state index in [0.717, 1.165) is 36.3 Å². The van der Waals surface area contributed by atoms with Gasteiger partial charge in [0.1, 0.15) is 5.15 Å². The van der Waals surface area contributed by atoms with E-state index in [-0.39, 0.29) is 29.6 Å². The van der Waals surface area contributed by atoms with E-state index in [1.807, 2.05) is 0 Å². The average Bonchev–Trinajstić information content (AvgIpc) is 3.56. The number of carbonyl (C=O) groups is 2. The smallest absolute Gasteiger partial charge is 0.430 e. The molecule has 206 valence electrons. The molecule has 1 aromatic carbocycles. The molecule has 4 rings (SSSR count). The van der Waals surface area contributed by atoms with E-state index in [4.69, 9.17) is 16.3 Å². The maximum Gasteiger partial charge on any atom is 0.430 e. The van der Waals surface area contributed by atoms with E-state index in [0.29, 0.717) is 36.8 Å². The van der Waals surface area contributed by atoms with Gasteiger partial charge in [-0.25, -0.2) is 4.98 Å². The number of aliphatic hydroxyl groups is 1. The van der Waals surface area contributed by atoms with Crippen LogP contribution in [0.2, 0.25) is 5.15 Å². The molecule has 2 aliphatic rings. The number of benzene rings is 1. The van der Waals surface area contributed by atoms with E-state index in [2.05, 4.69) is 4.98 Å². The van der Waals surface area contributed by atoms with Crippen molar-refractivity contribution >= 4 is 23.4 Å². The number of carbonyl (C=O) groups excluding carboxylic acids is 2. The summed E-state index contributed by atoms with van der Waals surface area (Å²) in [5.41, 5.74) is -3.72. The molecule has 0 radical (unpaired) electrons. The second kappa shape index (κ2) is 10.7. The minimum absolute atomic E-state index is 0.0234. The Balaban J connectivity index is 1.26. The third-order valence-electron chi connectivity index (χ3n) is 7.72. The highest BCUT2D eigenvalue weighted by molar-refractivity contribution is 6.32. The Bertz CT molecular complexity index is 1170. The fourth-order valence-corrected chi connectivity index (χ4v) is 5.56. The van der Waals surface area contributed by atoms with Gasteiger partial charge in [0.15, 0.2) is 0 Å². The summed E-state index contributed by atoms with van der Waals surface area (Å²) < 4.78 is 47.4. The van der Waals surface area contributed by atoms with Crippen LogP contribution in [-0.2, 0) is 10.4 Å². The second-order valence-corrected chi connectivity index (χ2v) is 10.7. The van der Waals surface area contributed by atoms with Gasteiger partial charge in [-0.15, -0.1) is 0 Å². The number of likely N-dealkylation sites (tertiary alicyclic amines) is 1. The lowest BCUT2D eigenvalue weighted by molar-refractivity contribution is -0.262. The number of rotatable bonds is 8. The van der Waals surface area contributed by atoms with E-state index >= 15 is 0 Å². The first-order valence-corrected chi connectivity index (χ1v) is 12.9. The molecule has 0 bridgehead atoms. The number of amides is 2. The molecular weight excluding hydrogens is 523 g/mol. The lowest BCUT2D eigenvalue weighted by Gasteiger charge is -2.39. The summed E-state index contributed by atoms with van der Waals surface area (Å²) in [7, 11) is 3.25. The van der Waals surface area contributed by atoms with E-state index in [9.17, 15) is 27.9 Å². The molecule has 1 aliphatic heterocycles. The first kappa shape index (κ1) is 28.2. The molecule has 2 aromatic rings. The Labute approximate surface area is 224 Å². The third kappa shape index (κ3) is 5.47. The van der Waals surface area contributed by atoms with Crippen LogP contribution < -0.4 is 4.74 Å². The normalized spacial score (nSPS) is 20.1. The molecule has 11 heteroatoms. The SMILES string of the molecule is CN(C)C(=O)c1ccc(OCCC[C@@H]2CC23CCN(C(=O)C(O)(c2ccccc2)C(F)(F)F)CC3)nc1Cl. The van der Waals surface area contributed by atoms with Crippen molar-refractivity contribution in [2.75, 3.05) is 33.8 Å². The standard InChI is InChI=1S/C27H31ClF3N3O4/c1-33(2)23(35)20-10-11-21(32-22(20)28)38-16-6-9-19-17-25(19)12-14-34(15-13-25)24(36)26(37,27(29,30)31)18-7-4-3-5-8-18/h3-5,7-8,10-11,19,37H,6,9,12-17H2,1-2H3/t19-,26?/m1/s1. The van der Waals surface area contributed by atoms with E-state index in [1.54, 1.807) is 26.2 Å². The van der Waals surface area contributed by atoms with Crippen molar-refractivity contribution in [2.45, 2.75) is 43.9 Å². The summed E-state index contributed by atoms with van der Waals surface area (Å²) >= 11 is 6.12. The van der Waals surface area contributed by atoms with Crippen LogP contribution in [0.4, 0.5) is 13.2 Å². The molecule has 1 unspecified atom stereocenters. The monoisotopic (exact) mass is 553 g/mol. The number of alkyl halides is 3. The van der Waals surface area contributed by atoms with Crippen molar-refractivity contribution < 1.29 is 32.6 Å². The number of aromatic nitrogens is 1. The summed E-state index contributed by atoms with van der Waals surface area (Å²) in [6, 6.07) is 9.70. The fourth-order valence-electron chi connectivity index (χ4n) is 5.33. The van der Waals surface area contributed by atoms with Crippen molar-refractivity contribution in [3.8, 4) is 5.88 Å². The van der Waals surface area contributed by atoms with Crippen LogP contribution in [0.5, 0.6) is 5.88 Å². The van der Waals surface area contributed by atoms with Gasteiger partial charge in [0.05, 0.1) is 12.2 Å². The van der Waals surface area contributed by atoms with Crippen molar-refractivity contribution in [3.63, 3.8) is 0 Å². The molecule has 2 amide bonds. The second-order valence-electron chi connectivity index (χ2n) is 10.3. The Morgan fingerprint density at radius 2 is 1.82 bits per heavy atom. The average molecular weight is 554 g/mol. The maximum atomic E-state index is 13.9. The molecule has 38 heavy (non-hydrogen) atoms. The van der Waals surface area contributed by atoms with Crippen LogP contribution in [0.15, 0.2) is 42.5 Å². The molecule has 7 nitrogen and oxygen atoms in total. The van der Waals surface area contributed by atoms with Crippen LogP contribution in [0, 0.1) is 11.3 Å². The third-order valence-corrected chi connectivity index (χ3v) is 8.01. The van der Waals surface area contributed by atoms with Gasteiger partial charge < -0.3 is 19.6 Å². The van der Waals surface area contributed by atoms with E-state index in [1.165, 1.54) is 23.1 Å². The molecule has 1 N–H and O–H groups in total.